The minimum Gasteiger partial charge on any atom is -0.330 e. The minimum atomic E-state index is -4.84. The van der Waals surface area contributed by atoms with Crippen molar-refractivity contribution in [2.45, 2.75) is 25.6 Å². The van der Waals surface area contributed by atoms with Gasteiger partial charge >= 0.3 is 15.3 Å². The van der Waals surface area contributed by atoms with Crippen LogP contribution in [0.3, 0.4) is 0 Å². The molecule has 2 heterocycles. The van der Waals surface area contributed by atoms with E-state index >= 15 is 0 Å². The van der Waals surface area contributed by atoms with E-state index in [4.69, 9.17) is 10.3 Å². The Balaban J connectivity index is 2.42. The second-order valence-electron chi connectivity index (χ2n) is 5.15. The molecule has 0 aliphatic carbocycles. The Morgan fingerprint density at radius 3 is 2.83 bits per heavy atom. The summed E-state index contributed by atoms with van der Waals surface area (Å²) in [6.45, 7) is 1.62. The highest BCUT2D eigenvalue weighted by molar-refractivity contribution is 7.80. The molecule has 1 aromatic heterocycles. The summed E-state index contributed by atoms with van der Waals surface area (Å²) >= 11 is 0.930. The smallest absolute Gasteiger partial charge is 0.330 e. The summed E-state index contributed by atoms with van der Waals surface area (Å²) in [5, 5.41) is 0.507. The van der Waals surface area contributed by atoms with Crippen LogP contribution in [0.5, 0.6) is 0 Å². The maximum atomic E-state index is 12.2. The molecule has 1 amide bonds. The summed E-state index contributed by atoms with van der Waals surface area (Å²) in [6, 6.07) is -0.806. The van der Waals surface area contributed by atoms with Crippen molar-refractivity contribution >= 4 is 28.1 Å². The standard InChI is InChI=1S/C11H18N4O6S2/c1-13-5-8-10(22-11(17)14(8)4-2-3-12)9(6-13)15(7-16)21-23(18,19)20/h7,9H,2-6,12H2,1H3,(H,18,19,20). The van der Waals surface area contributed by atoms with E-state index in [1.54, 1.807) is 11.6 Å². The molecule has 23 heavy (non-hydrogen) atoms. The molecule has 0 saturated carbocycles. The summed E-state index contributed by atoms with van der Waals surface area (Å²) in [7, 11) is -3.08. The molecule has 0 radical (unpaired) electrons. The average Bonchev–Trinajstić information content (AvgIpc) is 2.76. The molecule has 10 nitrogen and oxygen atoms in total. The zero-order valence-corrected chi connectivity index (χ0v) is 14.0. The predicted molar refractivity (Wildman–Crippen MR) is 81.9 cm³/mol. The Morgan fingerprint density at radius 1 is 1.57 bits per heavy atom. The molecule has 0 aromatic carbocycles. The third-order valence-corrected chi connectivity index (χ3v) is 4.90. The lowest BCUT2D eigenvalue weighted by molar-refractivity contribution is -0.153. The van der Waals surface area contributed by atoms with Gasteiger partial charge in [0.2, 0.25) is 6.41 Å². The van der Waals surface area contributed by atoms with Crippen LogP contribution in [0, 0.1) is 0 Å². The molecule has 1 unspecified atom stereocenters. The van der Waals surface area contributed by atoms with E-state index in [1.807, 2.05) is 4.90 Å². The average molecular weight is 366 g/mol. The lowest BCUT2D eigenvalue weighted by Crippen LogP contribution is -2.41. The lowest BCUT2D eigenvalue weighted by Gasteiger charge is -2.33. The Bertz CT molecular complexity index is 727. The highest BCUT2D eigenvalue weighted by Crippen LogP contribution is 2.32. The number of hydroxylamine groups is 2. The van der Waals surface area contributed by atoms with Gasteiger partial charge in [0.1, 0.15) is 6.04 Å². The Morgan fingerprint density at radius 2 is 2.26 bits per heavy atom. The van der Waals surface area contributed by atoms with Crippen molar-refractivity contribution in [3.8, 4) is 0 Å². The third-order valence-electron chi connectivity index (χ3n) is 3.41. The quantitative estimate of drug-likeness (QED) is 0.354. The fourth-order valence-electron chi connectivity index (χ4n) is 2.50. The van der Waals surface area contributed by atoms with Crippen LogP contribution < -0.4 is 10.6 Å². The number of carbonyl (C=O) groups is 1. The van der Waals surface area contributed by atoms with Gasteiger partial charge in [0.25, 0.3) is 0 Å². The van der Waals surface area contributed by atoms with Gasteiger partial charge in [0.15, 0.2) is 0 Å². The second-order valence-corrected chi connectivity index (χ2v) is 7.15. The molecule has 0 bridgehead atoms. The molecule has 0 saturated heterocycles. The van der Waals surface area contributed by atoms with Crippen molar-refractivity contribution in [1.82, 2.24) is 14.5 Å². The first-order valence-corrected chi connectivity index (χ1v) is 8.96. The summed E-state index contributed by atoms with van der Waals surface area (Å²) in [5.74, 6) is 0. The van der Waals surface area contributed by atoms with E-state index in [2.05, 4.69) is 4.28 Å². The van der Waals surface area contributed by atoms with Crippen LogP contribution >= 0.6 is 11.3 Å². The van der Waals surface area contributed by atoms with Gasteiger partial charge in [-0.2, -0.15) is 13.5 Å². The first-order chi connectivity index (χ1) is 10.8. The topological polar surface area (TPSA) is 135 Å². The van der Waals surface area contributed by atoms with Crippen LogP contribution in [0.2, 0.25) is 0 Å². The highest BCUT2D eigenvalue weighted by atomic mass is 32.3. The Labute approximate surface area is 137 Å². The number of likely N-dealkylation sites (N-methyl/N-ethyl adjacent to an activating group) is 1. The third kappa shape index (κ3) is 4.16. The minimum absolute atomic E-state index is 0.162. The van der Waals surface area contributed by atoms with Gasteiger partial charge in [-0.1, -0.05) is 11.3 Å². The van der Waals surface area contributed by atoms with Gasteiger partial charge in [0, 0.05) is 19.6 Å². The SMILES string of the molecule is CN1Cc2c(sc(=O)n2CCCN)C(N(C=O)OS(=O)(=O)O)C1. The normalized spacial score (nSPS) is 18.7. The highest BCUT2D eigenvalue weighted by Gasteiger charge is 2.35. The molecule has 0 spiro atoms. The van der Waals surface area contributed by atoms with Crippen molar-refractivity contribution in [1.29, 1.82) is 0 Å². The maximum absolute atomic E-state index is 12.2. The van der Waals surface area contributed by atoms with Gasteiger partial charge in [-0.3, -0.25) is 19.0 Å². The number of amides is 1. The van der Waals surface area contributed by atoms with Crippen molar-refractivity contribution < 1.29 is 22.0 Å². The van der Waals surface area contributed by atoms with Crippen molar-refractivity contribution in [3.05, 3.63) is 20.2 Å². The molecule has 3 N–H and O–H groups in total. The number of nitrogens with two attached hydrogens (primary N) is 1. The van der Waals surface area contributed by atoms with Gasteiger partial charge in [-0.15, -0.1) is 4.28 Å². The van der Waals surface area contributed by atoms with Crippen molar-refractivity contribution in [3.63, 3.8) is 0 Å². The fraction of sp³-hybridized carbons (Fsp3) is 0.636. The zero-order chi connectivity index (χ0) is 17.2. The number of thiazole rings is 1. The number of rotatable bonds is 7. The van der Waals surface area contributed by atoms with Crippen LogP contribution in [0.4, 0.5) is 0 Å². The zero-order valence-electron chi connectivity index (χ0n) is 12.4. The van der Waals surface area contributed by atoms with Crippen LogP contribution in [-0.4, -0.2) is 54.0 Å². The van der Waals surface area contributed by atoms with E-state index in [1.165, 1.54) is 0 Å². The van der Waals surface area contributed by atoms with E-state index in [0.717, 1.165) is 11.3 Å². The summed E-state index contributed by atoms with van der Waals surface area (Å²) < 4.78 is 36.5. The van der Waals surface area contributed by atoms with Crippen LogP contribution in [-0.2, 0) is 32.6 Å². The van der Waals surface area contributed by atoms with Gasteiger partial charge in [0.05, 0.1) is 10.6 Å². The van der Waals surface area contributed by atoms with Crippen molar-refractivity contribution in [2.24, 2.45) is 5.73 Å². The molecule has 2 rings (SSSR count). The molecular formula is C11H18N4O6S2. The van der Waals surface area contributed by atoms with Gasteiger partial charge in [-0.25, -0.2) is 0 Å². The molecular weight excluding hydrogens is 348 g/mol. The molecule has 1 aliphatic heterocycles. The van der Waals surface area contributed by atoms with E-state index in [9.17, 15) is 18.0 Å². The van der Waals surface area contributed by atoms with Crippen LogP contribution in [0.15, 0.2) is 4.79 Å². The second kappa shape index (κ2) is 7.07. The molecule has 130 valence electrons. The Kier molecular flexibility index (Phi) is 5.54. The van der Waals surface area contributed by atoms with Crippen LogP contribution in [0.1, 0.15) is 23.0 Å². The first-order valence-electron chi connectivity index (χ1n) is 6.78. The molecule has 0 fully saturated rings. The summed E-state index contributed by atoms with van der Waals surface area (Å²) in [6.07, 6.45) is 0.784. The summed E-state index contributed by atoms with van der Waals surface area (Å²) in [5.41, 5.74) is 6.17. The Hall–Kier alpha value is -1.31. The van der Waals surface area contributed by atoms with E-state index in [0.29, 0.717) is 41.7 Å². The van der Waals surface area contributed by atoms with Gasteiger partial charge < -0.3 is 10.3 Å². The molecule has 1 aliphatic rings. The van der Waals surface area contributed by atoms with E-state index < -0.39 is 16.4 Å². The number of carbonyl (C=O) groups excluding carboxylic acids is 1. The number of hydrogen-bond donors (Lipinski definition) is 2. The molecule has 1 atom stereocenters. The van der Waals surface area contributed by atoms with Crippen molar-refractivity contribution in [2.75, 3.05) is 20.1 Å². The van der Waals surface area contributed by atoms with Gasteiger partial charge in [-0.05, 0) is 20.0 Å². The predicted octanol–water partition coefficient (Wildman–Crippen LogP) is -1.06. The van der Waals surface area contributed by atoms with E-state index in [-0.39, 0.29) is 17.8 Å². The molecule has 1 aromatic rings. The summed E-state index contributed by atoms with van der Waals surface area (Å²) in [4.78, 5) is 25.5. The number of aromatic nitrogens is 1. The van der Waals surface area contributed by atoms with Crippen LogP contribution in [0.25, 0.3) is 0 Å². The number of nitrogens with zero attached hydrogens (tertiary/aromatic N) is 3. The number of hydrogen-bond acceptors (Lipinski definition) is 8. The number of fused-ring (bicyclic) bond motifs is 1. The lowest BCUT2D eigenvalue weighted by atomic mass is 10.1. The monoisotopic (exact) mass is 366 g/mol. The first kappa shape index (κ1) is 18.0. The largest absolute Gasteiger partial charge is 0.418 e. The molecule has 12 heteroatoms. The maximum Gasteiger partial charge on any atom is 0.418 e. The fourth-order valence-corrected chi connectivity index (χ4v) is 3.96.